The Labute approximate surface area is 128 Å². The predicted octanol–water partition coefficient (Wildman–Crippen LogP) is 3.94. The molecule has 1 aliphatic rings. The molecule has 2 nitrogen and oxygen atoms in total. The van der Waals surface area contributed by atoms with Crippen LogP contribution in [0.4, 0.5) is 0 Å². The first-order valence-electron chi connectivity index (χ1n) is 7.78. The SMILES string of the molecule is CCNCC1(CN(C)Cc2ccccc2Cl)CCCC1. The van der Waals surface area contributed by atoms with E-state index in [0.29, 0.717) is 5.41 Å². The fourth-order valence-corrected chi connectivity index (χ4v) is 3.65. The van der Waals surface area contributed by atoms with Crippen LogP contribution in [0.2, 0.25) is 5.02 Å². The van der Waals surface area contributed by atoms with Gasteiger partial charge in [0.15, 0.2) is 0 Å². The van der Waals surface area contributed by atoms with E-state index in [9.17, 15) is 0 Å². The quantitative estimate of drug-likeness (QED) is 0.819. The lowest BCUT2D eigenvalue weighted by Crippen LogP contribution is -2.41. The van der Waals surface area contributed by atoms with Gasteiger partial charge in [-0.2, -0.15) is 0 Å². The van der Waals surface area contributed by atoms with E-state index in [4.69, 9.17) is 11.6 Å². The molecule has 3 heteroatoms. The van der Waals surface area contributed by atoms with Crippen LogP contribution in [0, 0.1) is 5.41 Å². The largest absolute Gasteiger partial charge is 0.316 e. The number of benzene rings is 1. The maximum atomic E-state index is 6.26. The number of hydrogen-bond acceptors (Lipinski definition) is 2. The van der Waals surface area contributed by atoms with Crippen molar-refractivity contribution in [2.24, 2.45) is 5.41 Å². The smallest absolute Gasteiger partial charge is 0.0451 e. The summed E-state index contributed by atoms with van der Waals surface area (Å²) in [5, 5.41) is 4.44. The molecular weight excluding hydrogens is 268 g/mol. The molecule has 1 fully saturated rings. The van der Waals surface area contributed by atoms with Crippen LogP contribution in [-0.4, -0.2) is 31.6 Å². The van der Waals surface area contributed by atoms with Gasteiger partial charge in [-0.15, -0.1) is 0 Å². The number of halogens is 1. The average molecular weight is 295 g/mol. The van der Waals surface area contributed by atoms with Crippen molar-refractivity contribution in [2.75, 3.05) is 26.7 Å². The van der Waals surface area contributed by atoms with Crippen LogP contribution in [-0.2, 0) is 6.54 Å². The van der Waals surface area contributed by atoms with Crippen molar-refractivity contribution in [1.82, 2.24) is 10.2 Å². The molecule has 0 saturated heterocycles. The second-order valence-corrected chi connectivity index (χ2v) is 6.66. The predicted molar refractivity (Wildman–Crippen MR) is 87.2 cm³/mol. The van der Waals surface area contributed by atoms with Gasteiger partial charge in [-0.1, -0.05) is 49.6 Å². The van der Waals surface area contributed by atoms with Crippen LogP contribution in [0.3, 0.4) is 0 Å². The molecule has 112 valence electrons. The van der Waals surface area contributed by atoms with Gasteiger partial charge in [0.1, 0.15) is 0 Å². The number of rotatable bonds is 7. The van der Waals surface area contributed by atoms with Gasteiger partial charge in [0, 0.05) is 24.7 Å². The van der Waals surface area contributed by atoms with Gasteiger partial charge < -0.3 is 10.2 Å². The van der Waals surface area contributed by atoms with Crippen LogP contribution in [0.25, 0.3) is 0 Å². The summed E-state index contributed by atoms with van der Waals surface area (Å²) in [7, 11) is 2.22. The molecule has 0 atom stereocenters. The highest BCUT2D eigenvalue weighted by atomic mass is 35.5. The monoisotopic (exact) mass is 294 g/mol. The molecule has 0 bridgehead atoms. The zero-order valence-electron chi connectivity index (χ0n) is 12.8. The molecule has 20 heavy (non-hydrogen) atoms. The maximum Gasteiger partial charge on any atom is 0.0451 e. The number of nitrogens with one attached hydrogen (secondary N) is 1. The third kappa shape index (κ3) is 4.21. The molecule has 1 aromatic rings. The molecule has 0 heterocycles. The maximum absolute atomic E-state index is 6.26. The topological polar surface area (TPSA) is 15.3 Å². The van der Waals surface area contributed by atoms with Gasteiger partial charge in [-0.05, 0) is 43.5 Å². The second kappa shape index (κ2) is 7.44. The van der Waals surface area contributed by atoms with Crippen LogP contribution in [0.15, 0.2) is 24.3 Å². The van der Waals surface area contributed by atoms with Gasteiger partial charge in [-0.3, -0.25) is 0 Å². The third-order valence-electron chi connectivity index (χ3n) is 4.42. The summed E-state index contributed by atoms with van der Waals surface area (Å²) in [6.07, 6.45) is 5.47. The Kier molecular flexibility index (Phi) is 5.88. The fourth-order valence-electron chi connectivity index (χ4n) is 3.45. The normalized spacial score (nSPS) is 17.8. The van der Waals surface area contributed by atoms with Gasteiger partial charge in [0.25, 0.3) is 0 Å². The molecule has 1 N–H and O–H groups in total. The molecule has 0 amide bonds. The summed E-state index contributed by atoms with van der Waals surface area (Å²) in [5.74, 6) is 0. The van der Waals surface area contributed by atoms with Gasteiger partial charge >= 0.3 is 0 Å². The van der Waals surface area contributed by atoms with Crippen molar-refractivity contribution in [3.8, 4) is 0 Å². The summed E-state index contributed by atoms with van der Waals surface area (Å²) in [5.41, 5.74) is 1.69. The highest BCUT2D eigenvalue weighted by Crippen LogP contribution is 2.38. The molecule has 0 unspecified atom stereocenters. The zero-order valence-corrected chi connectivity index (χ0v) is 13.5. The number of nitrogens with zero attached hydrogens (tertiary/aromatic N) is 1. The Morgan fingerprint density at radius 2 is 1.95 bits per heavy atom. The lowest BCUT2D eigenvalue weighted by atomic mass is 9.85. The molecule has 2 rings (SSSR count). The van der Waals surface area contributed by atoms with Gasteiger partial charge in [0.05, 0.1) is 0 Å². The molecule has 0 aromatic heterocycles. The van der Waals surface area contributed by atoms with Crippen LogP contribution in [0.5, 0.6) is 0 Å². The molecule has 0 spiro atoms. The van der Waals surface area contributed by atoms with Crippen LogP contribution < -0.4 is 5.32 Å². The molecule has 1 aliphatic carbocycles. The summed E-state index contributed by atoms with van der Waals surface area (Å²) in [6, 6.07) is 8.17. The first-order chi connectivity index (χ1) is 9.65. The van der Waals surface area contributed by atoms with Crippen LogP contribution >= 0.6 is 11.6 Å². The first-order valence-corrected chi connectivity index (χ1v) is 8.16. The van der Waals surface area contributed by atoms with Crippen molar-refractivity contribution in [2.45, 2.75) is 39.2 Å². The summed E-state index contributed by atoms with van der Waals surface area (Å²) in [6.45, 7) is 6.50. The van der Waals surface area contributed by atoms with E-state index in [-0.39, 0.29) is 0 Å². The minimum atomic E-state index is 0.464. The summed E-state index contributed by atoms with van der Waals surface area (Å²) < 4.78 is 0. The first kappa shape index (κ1) is 15.8. The minimum absolute atomic E-state index is 0.464. The van der Waals surface area contributed by atoms with Gasteiger partial charge in [-0.25, -0.2) is 0 Å². The lowest BCUT2D eigenvalue weighted by molar-refractivity contribution is 0.168. The van der Waals surface area contributed by atoms with Crippen molar-refractivity contribution >= 4 is 11.6 Å². The Morgan fingerprint density at radius 1 is 1.25 bits per heavy atom. The standard InChI is InChI=1S/C17H27ClN2/c1-3-19-13-17(10-6-7-11-17)14-20(2)12-15-8-4-5-9-16(15)18/h4-5,8-9,19H,3,6-7,10-14H2,1-2H3. The van der Waals surface area contributed by atoms with Gasteiger partial charge in [0.2, 0.25) is 0 Å². The summed E-state index contributed by atoms with van der Waals surface area (Å²) >= 11 is 6.26. The molecule has 0 radical (unpaired) electrons. The van der Waals surface area contributed by atoms with E-state index in [1.165, 1.54) is 31.2 Å². The van der Waals surface area contributed by atoms with Crippen molar-refractivity contribution < 1.29 is 0 Å². The van der Waals surface area contributed by atoms with Crippen molar-refractivity contribution in [3.63, 3.8) is 0 Å². The lowest BCUT2D eigenvalue weighted by Gasteiger charge is -2.34. The Hall–Kier alpha value is -0.570. The third-order valence-corrected chi connectivity index (χ3v) is 4.79. The van der Waals surface area contributed by atoms with E-state index < -0.39 is 0 Å². The van der Waals surface area contributed by atoms with E-state index in [2.05, 4.69) is 36.3 Å². The zero-order chi connectivity index (χ0) is 14.4. The van der Waals surface area contributed by atoms with E-state index in [0.717, 1.165) is 31.2 Å². The molecule has 0 aliphatic heterocycles. The minimum Gasteiger partial charge on any atom is -0.316 e. The van der Waals surface area contributed by atoms with E-state index in [1.807, 2.05) is 12.1 Å². The Balaban J connectivity index is 1.95. The Morgan fingerprint density at radius 3 is 2.60 bits per heavy atom. The molecule has 1 saturated carbocycles. The van der Waals surface area contributed by atoms with Crippen LogP contribution in [0.1, 0.15) is 38.2 Å². The highest BCUT2D eigenvalue weighted by Gasteiger charge is 2.34. The summed E-state index contributed by atoms with van der Waals surface area (Å²) in [4.78, 5) is 2.43. The van der Waals surface area contributed by atoms with Crippen molar-refractivity contribution in [3.05, 3.63) is 34.9 Å². The average Bonchev–Trinajstić information content (AvgIpc) is 2.88. The van der Waals surface area contributed by atoms with E-state index in [1.54, 1.807) is 0 Å². The molecular formula is C17H27ClN2. The molecule has 1 aromatic carbocycles. The van der Waals surface area contributed by atoms with Crippen molar-refractivity contribution in [1.29, 1.82) is 0 Å². The number of hydrogen-bond donors (Lipinski definition) is 1. The fraction of sp³-hybridized carbons (Fsp3) is 0.647. The van der Waals surface area contributed by atoms with E-state index >= 15 is 0 Å². The second-order valence-electron chi connectivity index (χ2n) is 6.25. The Bertz CT molecular complexity index is 413. The highest BCUT2D eigenvalue weighted by molar-refractivity contribution is 6.31.